The SMILES string of the molecule is Cc1cccc(OCCC(=O)Nc2cccc(Cl)c2)c1. The molecule has 104 valence electrons. The molecular weight excluding hydrogens is 274 g/mol. The number of ether oxygens (including phenoxy) is 1. The van der Waals surface area contributed by atoms with Crippen LogP contribution in [-0.4, -0.2) is 12.5 Å². The van der Waals surface area contributed by atoms with E-state index in [1.54, 1.807) is 24.3 Å². The summed E-state index contributed by atoms with van der Waals surface area (Å²) < 4.78 is 5.53. The zero-order chi connectivity index (χ0) is 14.4. The van der Waals surface area contributed by atoms with Crippen molar-refractivity contribution in [2.45, 2.75) is 13.3 Å². The highest BCUT2D eigenvalue weighted by molar-refractivity contribution is 6.30. The molecule has 0 aliphatic heterocycles. The minimum atomic E-state index is -0.0973. The van der Waals surface area contributed by atoms with Gasteiger partial charge in [0.15, 0.2) is 0 Å². The van der Waals surface area contributed by atoms with Crippen LogP contribution in [0.15, 0.2) is 48.5 Å². The summed E-state index contributed by atoms with van der Waals surface area (Å²) in [5.74, 6) is 0.681. The fourth-order valence-corrected chi connectivity index (χ4v) is 1.95. The molecule has 0 bridgehead atoms. The van der Waals surface area contributed by atoms with Crippen LogP contribution in [0.4, 0.5) is 5.69 Å². The van der Waals surface area contributed by atoms with Crippen LogP contribution in [0.25, 0.3) is 0 Å². The third kappa shape index (κ3) is 4.59. The maximum atomic E-state index is 11.7. The largest absolute Gasteiger partial charge is 0.493 e. The number of anilines is 1. The van der Waals surface area contributed by atoms with E-state index in [9.17, 15) is 4.79 Å². The van der Waals surface area contributed by atoms with Crippen molar-refractivity contribution in [3.05, 3.63) is 59.1 Å². The zero-order valence-electron chi connectivity index (χ0n) is 11.2. The fraction of sp³-hybridized carbons (Fsp3) is 0.188. The van der Waals surface area contributed by atoms with Crippen LogP contribution in [0.5, 0.6) is 5.75 Å². The number of rotatable bonds is 5. The third-order valence-corrected chi connectivity index (χ3v) is 2.93. The summed E-state index contributed by atoms with van der Waals surface area (Å²) in [4.78, 5) is 11.7. The number of carbonyl (C=O) groups is 1. The van der Waals surface area contributed by atoms with Gasteiger partial charge in [-0.25, -0.2) is 0 Å². The molecule has 3 nitrogen and oxygen atoms in total. The van der Waals surface area contributed by atoms with Crippen LogP contribution in [0.1, 0.15) is 12.0 Å². The molecule has 1 amide bonds. The number of hydrogen-bond acceptors (Lipinski definition) is 2. The molecule has 0 aromatic heterocycles. The lowest BCUT2D eigenvalue weighted by Gasteiger charge is -2.08. The Bertz CT molecular complexity index is 599. The lowest BCUT2D eigenvalue weighted by Crippen LogP contribution is -2.15. The number of benzene rings is 2. The molecule has 0 radical (unpaired) electrons. The second-order valence-corrected chi connectivity index (χ2v) is 4.91. The van der Waals surface area contributed by atoms with E-state index < -0.39 is 0 Å². The summed E-state index contributed by atoms with van der Waals surface area (Å²) >= 11 is 5.85. The minimum absolute atomic E-state index is 0.0973. The second-order valence-electron chi connectivity index (χ2n) is 4.47. The van der Waals surface area contributed by atoms with E-state index in [1.165, 1.54) is 0 Å². The third-order valence-electron chi connectivity index (χ3n) is 2.70. The van der Waals surface area contributed by atoms with E-state index in [1.807, 2.05) is 31.2 Å². The van der Waals surface area contributed by atoms with Gasteiger partial charge in [-0.3, -0.25) is 4.79 Å². The molecule has 2 rings (SSSR count). The van der Waals surface area contributed by atoms with Gasteiger partial charge in [-0.15, -0.1) is 0 Å². The van der Waals surface area contributed by atoms with Gasteiger partial charge in [0.25, 0.3) is 0 Å². The Morgan fingerprint density at radius 1 is 1.20 bits per heavy atom. The molecule has 2 aromatic rings. The smallest absolute Gasteiger partial charge is 0.227 e. The molecule has 0 unspecified atom stereocenters. The van der Waals surface area contributed by atoms with Crippen molar-refractivity contribution < 1.29 is 9.53 Å². The molecule has 0 atom stereocenters. The number of nitrogens with one attached hydrogen (secondary N) is 1. The van der Waals surface area contributed by atoms with Gasteiger partial charge in [-0.05, 0) is 42.8 Å². The van der Waals surface area contributed by atoms with Crippen LogP contribution < -0.4 is 10.1 Å². The Hall–Kier alpha value is -2.00. The van der Waals surface area contributed by atoms with Crippen LogP contribution in [0.2, 0.25) is 5.02 Å². The average Bonchev–Trinajstić information content (AvgIpc) is 2.38. The van der Waals surface area contributed by atoms with E-state index in [0.29, 0.717) is 23.7 Å². The first-order valence-electron chi connectivity index (χ1n) is 6.38. The van der Waals surface area contributed by atoms with Gasteiger partial charge >= 0.3 is 0 Å². The van der Waals surface area contributed by atoms with Crippen LogP contribution in [-0.2, 0) is 4.79 Å². The lowest BCUT2D eigenvalue weighted by atomic mass is 10.2. The topological polar surface area (TPSA) is 38.3 Å². The predicted molar refractivity (Wildman–Crippen MR) is 81.4 cm³/mol. The molecule has 0 saturated carbocycles. The maximum Gasteiger partial charge on any atom is 0.227 e. The highest BCUT2D eigenvalue weighted by Crippen LogP contribution is 2.15. The molecule has 2 aromatic carbocycles. The predicted octanol–water partition coefficient (Wildman–Crippen LogP) is 4.06. The summed E-state index contributed by atoms with van der Waals surface area (Å²) in [5, 5.41) is 3.37. The average molecular weight is 290 g/mol. The number of amides is 1. The normalized spacial score (nSPS) is 10.1. The molecule has 4 heteroatoms. The molecular formula is C16H16ClNO2. The summed E-state index contributed by atoms with van der Waals surface area (Å²) in [6.45, 7) is 2.34. The first kappa shape index (κ1) is 14.4. The summed E-state index contributed by atoms with van der Waals surface area (Å²) in [6.07, 6.45) is 0.292. The lowest BCUT2D eigenvalue weighted by molar-refractivity contribution is -0.116. The fourth-order valence-electron chi connectivity index (χ4n) is 1.76. The highest BCUT2D eigenvalue weighted by atomic mass is 35.5. The van der Waals surface area contributed by atoms with Crippen molar-refractivity contribution in [3.63, 3.8) is 0 Å². The number of hydrogen-bond donors (Lipinski definition) is 1. The Balaban J connectivity index is 1.78. The number of halogens is 1. The number of carbonyl (C=O) groups excluding carboxylic acids is 1. The quantitative estimate of drug-likeness (QED) is 0.901. The van der Waals surface area contributed by atoms with E-state index in [2.05, 4.69) is 5.32 Å². The molecule has 1 N–H and O–H groups in total. The highest BCUT2D eigenvalue weighted by Gasteiger charge is 2.03. The molecule has 0 aliphatic carbocycles. The van der Waals surface area contributed by atoms with Gasteiger partial charge in [0.2, 0.25) is 5.91 Å². The van der Waals surface area contributed by atoms with E-state index in [0.717, 1.165) is 11.3 Å². The number of aryl methyl sites for hydroxylation is 1. The second kappa shape index (κ2) is 6.96. The van der Waals surface area contributed by atoms with E-state index in [4.69, 9.17) is 16.3 Å². The molecule has 20 heavy (non-hydrogen) atoms. The first-order valence-corrected chi connectivity index (χ1v) is 6.76. The van der Waals surface area contributed by atoms with Gasteiger partial charge in [-0.1, -0.05) is 29.8 Å². The minimum Gasteiger partial charge on any atom is -0.493 e. The molecule has 0 fully saturated rings. The van der Waals surface area contributed by atoms with Gasteiger partial charge in [0, 0.05) is 10.7 Å². The van der Waals surface area contributed by atoms with Crippen molar-refractivity contribution in [2.75, 3.05) is 11.9 Å². The van der Waals surface area contributed by atoms with Gasteiger partial charge in [0.1, 0.15) is 5.75 Å². The monoisotopic (exact) mass is 289 g/mol. The van der Waals surface area contributed by atoms with E-state index >= 15 is 0 Å². The Kier molecular flexibility index (Phi) is 5.02. The summed E-state index contributed by atoms with van der Waals surface area (Å²) in [5.41, 5.74) is 1.82. The van der Waals surface area contributed by atoms with Gasteiger partial charge in [-0.2, -0.15) is 0 Å². The van der Waals surface area contributed by atoms with Crippen molar-refractivity contribution in [3.8, 4) is 5.75 Å². The van der Waals surface area contributed by atoms with E-state index in [-0.39, 0.29) is 5.91 Å². The molecule has 0 aliphatic rings. The molecule has 0 spiro atoms. The van der Waals surface area contributed by atoms with Crippen LogP contribution in [0, 0.1) is 6.92 Å². The Labute approximate surface area is 123 Å². The standard InChI is InChI=1S/C16H16ClNO2/c1-12-4-2-7-15(10-12)20-9-8-16(19)18-14-6-3-5-13(17)11-14/h2-7,10-11H,8-9H2,1H3,(H,18,19). The van der Waals surface area contributed by atoms with Crippen molar-refractivity contribution in [2.24, 2.45) is 0 Å². The maximum absolute atomic E-state index is 11.7. The Morgan fingerprint density at radius 2 is 2.00 bits per heavy atom. The Morgan fingerprint density at radius 3 is 2.75 bits per heavy atom. The summed E-state index contributed by atoms with van der Waals surface area (Å²) in [6, 6.07) is 14.8. The van der Waals surface area contributed by atoms with Gasteiger partial charge in [0.05, 0.1) is 13.0 Å². The van der Waals surface area contributed by atoms with Gasteiger partial charge < -0.3 is 10.1 Å². The van der Waals surface area contributed by atoms with Crippen molar-refractivity contribution in [1.29, 1.82) is 0 Å². The zero-order valence-corrected chi connectivity index (χ0v) is 12.0. The summed E-state index contributed by atoms with van der Waals surface area (Å²) in [7, 11) is 0. The van der Waals surface area contributed by atoms with Crippen LogP contribution >= 0.6 is 11.6 Å². The first-order chi connectivity index (χ1) is 9.63. The van der Waals surface area contributed by atoms with Crippen molar-refractivity contribution in [1.82, 2.24) is 0 Å². The van der Waals surface area contributed by atoms with Crippen molar-refractivity contribution >= 4 is 23.2 Å². The molecule has 0 saturated heterocycles. The molecule has 0 heterocycles. The van der Waals surface area contributed by atoms with Crippen LogP contribution in [0.3, 0.4) is 0 Å².